The summed E-state index contributed by atoms with van der Waals surface area (Å²) in [6.07, 6.45) is 0. The Morgan fingerprint density at radius 1 is 1.06 bits per heavy atom. The Balaban J connectivity index is 1.44. The molecule has 2 aromatic carbocycles. The number of nitrogens with one attached hydrogen (secondary N) is 1. The van der Waals surface area contributed by atoms with Crippen LogP contribution in [0.25, 0.3) is 21.4 Å². The molecule has 34 heavy (non-hydrogen) atoms. The predicted molar refractivity (Wildman–Crippen MR) is 138 cm³/mol. The molecule has 5 rings (SSSR count). The zero-order chi connectivity index (χ0) is 23.7. The normalized spacial score (nSPS) is 13.8. The number of fused-ring (bicyclic) bond motifs is 1. The van der Waals surface area contributed by atoms with Crippen LogP contribution in [-0.2, 0) is 4.74 Å². The minimum Gasteiger partial charge on any atom is -0.439 e. The van der Waals surface area contributed by atoms with Gasteiger partial charge in [0.25, 0.3) is 5.91 Å². The van der Waals surface area contributed by atoms with E-state index in [1.807, 2.05) is 71.7 Å². The number of thiophene rings is 1. The van der Waals surface area contributed by atoms with Crippen molar-refractivity contribution in [3.63, 3.8) is 0 Å². The van der Waals surface area contributed by atoms with Gasteiger partial charge >= 0.3 is 0 Å². The molecule has 1 aliphatic heterocycles. The first-order chi connectivity index (χ1) is 16.5. The molecule has 2 aromatic heterocycles. The Morgan fingerprint density at radius 3 is 2.56 bits per heavy atom. The summed E-state index contributed by atoms with van der Waals surface area (Å²) in [4.78, 5) is 29.7. The van der Waals surface area contributed by atoms with Gasteiger partial charge in [0, 0.05) is 61.1 Å². The molecule has 1 N–H and O–H groups in total. The molecule has 0 radical (unpaired) electrons. The fraction of sp³-hybridized carbons (Fsp3) is 0.231. The number of amides is 1. The largest absolute Gasteiger partial charge is 0.439 e. The van der Waals surface area contributed by atoms with Gasteiger partial charge < -0.3 is 24.3 Å². The Labute approximate surface area is 201 Å². The highest BCUT2D eigenvalue weighted by Crippen LogP contribution is 2.35. The van der Waals surface area contributed by atoms with E-state index in [1.165, 1.54) is 11.3 Å². The van der Waals surface area contributed by atoms with Gasteiger partial charge in [-0.2, -0.15) is 0 Å². The van der Waals surface area contributed by atoms with E-state index in [1.54, 1.807) is 12.1 Å². The number of anilines is 3. The molecule has 1 fully saturated rings. The third-order valence-corrected chi connectivity index (χ3v) is 6.81. The van der Waals surface area contributed by atoms with Crippen molar-refractivity contribution in [2.24, 2.45) is 0 Å². The number of carbonyl (C=O) groups is 1. The maximum Gasteiger partial charge on any atom is 0.255 e. The van der Waals surface area contributed by atoms with Crippen molar-refractivity contribution in [1.29, 1.82) is 0 Å². The van der Waals surface area contributed by atoms with Gasteiger partial charge in [-0.3, -0.25) is 9.59 Å². The number of nitrogens with zero attached hydrogens (tertiary/aromatic N) is 2. The molecule has 4 aromatic rings. The van der Waals surface area contributed by atoms with E-state index >= 15 is 0 Å². The lowest BCUT2D eigenvalue weighted by Crippen LogP contribution is -2.36. The lowest BCUT2D eigenvalue weighted by molar-refractivity contribution is 0.102. The second kappa shape index (κ2) is 9.32. The van der Waals surface area contributed by atoms with Gasteiger partial charge in [-0.1, -0.05) is 12.1 Å². The maximum atomic E-state index is 12.9. The van der Waals surface area contributed by atoms with Crippen LogP contribution in [0, 0.1) is 0 Å². The van der Waals surface area contributed by atoms with Crippen LogP contribution in [-0.4, -0.2) is 46.3 Å². The number of rotatable bonds is 5. The van der Waals surface area contributed by atoms with E-state index in [0.29, 0.717) is 48.0 Å². The highest BCUT2D eigenvalue weighted by molar-refractivity contribution is 7.17. The van der Waals surface area contributed by atoms with Gasteiger partial charge in [0.15, 0.2) is 11.5 Å². The third kappa shape index (κ3) is 4.42. The lowest BCUT2D eigenvalue weighted by atomic mass is 10.0. The Kier molecular flexibility index (Phi) is 6.08. The summed E-state index contributed by atoms with van der Waals surface area (Å²) in [5.41, 5.74) is 4.43. The average molecular weight is 476 g/mol. The van der Waals surface area contributed by atoms with Gasteiger partial charge in [0.1, 0.15) is 4.70 Å². The zero-order valence-electron chi connectivity index (χ0n) is 19.0. The van der Waals surface area contributed by atoms with Gasteiger partial charge in [0.2, 0.25) is 5.43 Å². The van der Waals surface area contributed by atoms with Crippen molar-refractivity contribution in [2.75, 3.05) is 55.5 Å². The van der Waals surface area contributed by atoms with Crippen LogP contribution < -0.4 is 20.5 Å². The van der Waals surface area contributed by atoms with E-state index in [-0.39, 0.29) is 11.3 Å². The molecule has 1 saturated heterocycles. The van der Waals surface area contributed by atoms with Crippen molar-refractivity contribution in [2.45, 2.75) is 0 Å². The van der Waals surface area contributed by atoms with Gasteiger partial charge in [-0.25, -0.2) is 0 Å². The first-order valence-corrected chi connectivity index (χ1v) is 11.9. The zero-order valence-corrected chi connectivity index (χ0v) is 19.9. The van der Waals surface area contributed by atoms with Gasteiger partial charge in [0.05, 0.1) is 13.2 Å². The van der Waals surface area contributed by atoms with Crippen LogP contribution in [0.15, 0.2) is 69.2 Å². The van der Waals surface area contributed by atoms with Crippen molar-refractivity contribution in [3.05, 3.63) is 75.8 Å². The van der Waals surface area contributed by atoms with Crippen molar-refractivity contribution in [1.82, 2.24) is 0 Å². The summed E-state index contributed by atoms with van der Waals surface area (Å²) >= 11 is 1.36. The second-order valence-corrected chi connectivity index (χ2v) is 9.21. The number of hydrogen-bond acceptors (Lipinski definition) is 7. The minimum absolute atomic E-state index is 0.0611. The smallest absolute Gasteiger partial charge is 0.255 e. The molecule has 0 atom stereocenters. The summed E-state index contributed by atoms with van der Waals surface area (Å²) < 4.78 is 12.2. The monoisotopic (exact) mass is 475 g/mol. The molecule has 0 saturated carbocycles. The summed E-state index contributed by atoms with van der Waals surface area (Å²) in [6, 6.07) is 16.6. The SMILES string of the molecule is CN(C)c1ccc(NC(=O)c2cccc(-c3csc4c(=O)cc(N5CCOCC5)oc34)c2)cc1. The van der Waals surface area contributed by atoms with E-state index in [2.05, 4.69) is 5.32 Å². The van der Waals surface area contributed by atoms with E-state index in [0.717, 1.165) is 22.5 Å². The highest BCUT2D eigenvalue weighted by Gasteiger charge is 2.19. The van der Waals surface area contributed by atoms with Crippen LogP contribution in [0.5, 0.6) is 0 Å². The standard InChI is InChI=1S/C26H25N3O4S/c1-28(2)20-8-6-19(7-9-20)27-26(31)18-5-3-4-17(14-18)21-16-34-25-22(30)15-23(33-24(21)25)29-10-12-32-13-11-29/h3-9,14-16H,10-13H2,1-2H3,(H,27,31). The predicted octanol–water partition coefficient (Wildman–Crippen LogP) is 4.68. The molecule has 0 spiro atoms. The van der Waals surface area contributed by atoms with E-state index in [4.69, 9.17) is 9.15 Å². The molecule has 0 bridgehead atoms. The quantitative estimate of drug-likeness (QED) is 0.452. The summed E-state index contributed by atoms with van der Waals surface area (Å²) in [7, 11) is 3.94. The first-order valence-electron chi connectivity index (χ1n) is 11.1. The van der Waals surface area contributed by atoms with Crippen LogP contribution in [0.4, 0.5) is 17.3 Å². The lowest BCUT2D eigenvalue weighted by Gasteiger charge is -2.27. The van der Waals surface area contributed by atoms with Crippen molar-refractivity contribution < 1.29 is 13.9 Å². The molecule has 0 unspecified atom stereocenters. The van der Waals surface area contributed by atoms with Gasteiger partial charge in [-0.15, -0.1) is 11.3 Å². The van der Waals surface area contributed by atoms with E-state index in [9.17, 15) is 9.59 Å². The van der Waals surface area contributed by atoms with Crippen LogP contribution >= 0.6 is 11.3 Å². The highest BCUT2D eigenvalue weighted by atomic mass is 32.1. The third-order valence-electron chi connectivity index (χ3n) is 5.83. The second-order valence-electron chi connectivity index (χ2n) is 8.33. The maximum absolute atomic E-state index is 12.9. The Hall–Kier alpha value is -3.62. The van der Waals surface area contributed by atoms with Gasteiger partial charge in [-0.05, 0) is 42.0 Å². The number of benzene rings is 2. The number of carbonyl (C=O) groups excluding carboxylic acids is 1. The molecular weight excluding hydrogens is 450 g/mol. The van der Waals surface area contributed by atoms with E-state index < -0.39 is 0 Å². The molecule has 174 valence electrons. The van der Waals surface area contributed by atoms with Crippen LogP contribution in [0.2, 0.25) is 0 Å². The molecule has 1 aliphatic rings. The Bertz CT molecular complexity index is 1390. The number of ether oxygens (including phenoxy) is 1. The van der Waals surface area contributed by atoms with Crippen molar-refractivity contribution >= 4 is 44.8 Å². The molecule has 1 amide bonds. The van der Waals surface area contributed by atoms with Crippen LogP contribution in [0.3, 0.4) is 0 Å². The first kappa shape index (κ1) is 22.2. The van der Waals surface area contributed by atoms with Crippen molar-refractivity contribution in [3.8, 4) is 11.1 Å². The molecular formula is C26H25N3O4S. The number of hydrogen-bond donors (Lipinski definition) is 1. The fourth-order valence-electron chi connectivity index (χ4n) is 3.94. The molecule has 7 nitrogen and oxygen atoms in total. The average Bonchev–Trinajstić information content (AvgIpc) is 3.30. The summed E-state index contributed by atoms with van der Waals surface area (Å²) in [5.74, 6) is 0.352. The molecule has 3 heterocycles. The Morgan fingerprint density at radius 2 is 1.82 bits per heavy atom. The summed E-state index contributed by atoms with van der Waals surface area (Å²) in [5, 5.41) is 4.86. The molecule has 8 heteroatoms. The fourth-order valence-corrected chi connectivity index (χ4v) is 4.86. The minimum atomic E-state index is -0.200. The van der Waals surface area contributed by atoms with Crippen LogP contribution in [0.1, 0.15) is 10.4 Å². The topological polar surface area (TPSA) is 75.0 Å². The summed E-state index contributed by atoms with van der Waals surface area (Å²) in [6.45, 7) is 2.57. The molecule has 0 aliphatic carbocycles. The number of morpholine rings is 1.